The van der Waals surface area contributed by atoms with E-state index in [0.717, 1.165) is 19.4 Å². The number of aromatic amines is 1. The molecule has 0 fully saturated rings. The van der Waals surface area contributed by atoms with Crippen LogP contribution in [0.4, 0.5) is 5.95 Å². The van der Waals surface area contributed by atoms with Crippen molar-refractivity contribution in [3.63, 3.8) is 0 Å². The Bertz CT molecular complexity index is 655. The second-order valence-electron chi connectivity index (χ2n) is 4.34. The summed E-state index contributed by atoms with van der Waals surface area (Å²) in [6.07, 6.45) is 3.36. The highest BCUT2D eigenvalue weighted by molar-refractivity contribution is 7.99. The minimum atomic E-state index is -0.228. The van der Waals surface area contributed by atoms with Crippen LogP contribution in [0.1, 0.15) is 26.7 Å². The molecule has 0 spiro atoms. The standard InChI is InChI=1S/C12H17ClN6OS/c1-3-5-14-10-15-7-8(13)9(16-10)21-12-18-17-11(20)19(12)6-4-2/h7H,3-6H2,1-2H3,(H,17,20)(H,14,15,16). The Kier molecular flexibility index (Phi) is 5.63. The summed E-state index contributed by atoms with van der Waals surface area (Å²) in [5.74, 6) is 0.517. The number of hydrogen-bond acceptors (Lipinski definition) is 6. The van der Waals surface area contributed by atoms with Crippen LogP contribution in [-0.2, 0) is 6.54 Å². The normalized spacial score (nSPS) is 10.8. The maximum absolute atomic E-state index is 11.7. The largest absolute Gasteiger partial charge is 0.354 e. The van der Waals surface area contributed by atoms with Crippen LogP contribution in [0, 0.1) is 0 Å². The molecule has 2 aromatic rings. The summed E-state index contributed by atoms with van der Waals surface area (Å²) in [6, 6.07) is 0. The van der Waals surface area contributed by atoms with Crippen LogP contribution in [0.3, 0.4) is 0 Å². The molecule has 0 aliphatic heterocycles. The number of nitrogens with zero attached hydrogens (tertiary/aromatic N) is 4. The van der Waals surface area contributed by atoms with Crippen LogP contribution < -0.4 is 11.0 Å². The van der Waals surface area contributed by atoms with Crippen LogP contribution >= 0.6 is 23.4 Å². The monoisotopic (exact) mass is 328 g/mol. The van der Waals surface area contributed by atoms with Crippen LogP contribution in [0.2, 0.25) is 5.02 Å². The summed E-state index contributed by atoms with van der Waals surface area (Å²) in [5.41, 5.74) is -0.228. The van der Waals surface area contributed by atoms with Gasteiger partial charge in [0, 0.05) is 13.1 Å². The molecule has 0 aliphatic rings. The van der Waals surface area contributed by atoms with E-state index in [1.54, 1.807) is 10.8 Å². The van der Waals surface area contributed by atoms with E-state index in [1.165, 1.54) is 11.8 Å². The molecule has 0 bridgehead atoms. The third kappa shape index (κ3) is 3.98. The van der Waals surface area contributed by atoms with Crippen molar-refractivity contribution in [1.29, 1.82) is 0 Å². The molecule has 0 radical (unpaired) electrons. The first-order valence-electron chi connectivity index (χ1n) is 6.75. The van der Waals surface area contributed by atoms with E-state index in [2.05, 4.69) is 32.4 Å². The van der Waals surface area contributed by atoms with Gasteiger partial charge in [-0.05, 0) is 24.6 Å². The second-order valence-corrected chi connectivity index (χ2v) is 5.70. The van der Waals surface area contributed by atoms with Crippen LogP contribution in [0.5, 0.6) is 0 Å². The van der Waals surface area contributed by atoms with E-state index < -0.39 is 0 Å². The SMILES string of the molecule is CCCNc1ncc(Cl)c(Sc2n[nH]c(=O)n2CCC)n1. The highest BCUT2D eigenvalue weighted by Crippen LogP contribution is 2.30. The fraction of sp³-hybridized carbons (Fsp3) is 0.500. The molecule has 0 amide bonds. The molecule has 2 heterocycles. The molecule has 9 heteroatoms. The van der Waals surface area contributed by atoms with Gasteiger partial charge in [-0.15, -0.1) is 5.10 Å². The topological polar surface area (TPSA) is 88.5 Å². The third-order valence-electron chi connectivity index (χ3n) is 2.60. The van der Waals surface area contributed by atoms with Gasteiger partial charge in [0.05, 0.1) is 11.2 Å². The van der Waals surface area contributed by atoms with E-state index >= 15 is 0 Å². The Morgan fingerprint density at radius 3 is 2.95 bits per heavy atom. The number of hydrogen-bond donors (Lipinski definition) is 2. The van der Waals surface area contributed by atoms with Crippen molar-refractivity contribution in [2.75, 3.05) is 11.9 Å². The average molecular weight is 329 g/mol. The Labute approximate surface area is 131 Å². The van der Waals surface area contributed by atoms with Gasteiger partial charge in [-0.25, -0.2) is 19.9 Å². The Morgan fingerprint density at radius 1 is 1.43 bits per heavy atom. The Hall–Kier alpha value is -1.54. The molecule has 0 unspecified atom stereocenters. The summed E-state index contributed by atoms with van der Waals surface area (Å²) >= 11 is 7.36. The van der Waals surface area contributed by atoms with E-state index in [1.807, 2.05) is 6.92 Å². The zero-order chi connectivity index (χ0) is 15.2. The van der Waals surface area contributed by atoms with Gasteiger partial charge in [0.15, 0.2) is 5.16 Å². The minimum Gasteiger partial charge on any atom is -0.354 e. The molecule has 114 valence electrons. The first-order valence-corrected chi connectivity index (χ1v) is 7.94. The smallest absolute Gasteiger partial charge is 0.343 e. The fourth-order valence-electron chi connectivity index (χ4n) is 1.63. The first kappa shape index (κ1) is 15.8. The van der Waals surface area contributed by atoms with Crippen molar-refractivity contribution in [3.05, 3.63) is 21.7 Å². The first-order chi connectivity index (χ1) is 10.2. The summed E-state index contributed by atoms with van der Waals surface area (Å²) < 4.78 is 1.57. The van der Waals surface area contributed by atoms with E-state index in [0.29, 0.717) is 27.7 Å². The predicted octanol–water partition coefficient (Wildman–Crippen LogP) is 2.40. The zero-order valence-electron chi connectivity index (χ0n) is 11.9. The van der Waals surface area contributed by atoms with Gasteiger partial charge in [0.25, 0.3) is 0 Å². The number of nitrogens with one attached hydrogen (secondary N) is 2. The number of aromatic nitrogens is 5. The highest BCUT2D eigenvalue weighted by atomic mass is 35.5. The third-order valence-corrected chi connectivity index (χ3v) is 3.99. The molecular weight excluding hydrogens is 312 g/mol. The molecule has 2 rings (SSSR count). The van der Waals surface area contributed by atoms with Gasteiger partial charge in [-0.3, -0.25) is 4.57 Å². The Morgan fingerprint density at radius 2 is 2.24 bits per heavy atom. The second kappa shape index (κ2) is 7.46. The van der Waals surface area contributed by atoms with Crippen LogP contribution in [0.25, 0.3) is 0 Å². The molecule has 0 atom stereocenters. The van der Waals surface area contributed by atoms with Crippen molar-refractivity contribution >= 4 is 29.3 Å². The van der Waals surface area contributed by atoms with E-state index in [9.17, 15) is 4.79 Å². The predicted molar refractivity (Wildman–Crippen MR) is 83.1 cm³/mol. The van der Waals surface area contributed by atoms with Crippen molar-refractivity contribution in [2.45, 2.75) is 43.4 Å². The van der Waals surface area contributed by atoms with Crippen LogP contribution in [0.15, 0.2) is 21.2 Å². The summed E-state index contributed by atoms with van der Waals surface area (Å²) in [5, 5.41) is 11.1. The molecule has 0 saturated heterocycles. The van der Waals surface area contributed by atoms with Gasteiger partial charge in [-0.2, -0.15) is 0 Å². The lowest BCUT2D eigenvalue weighted by atomic mass is 10.5. The molecule has 0 aromatic carbocycles. The zero-order valence-corrected chi connectivity index (χ0v) is 13.5. The highest BCUT2D eigenvalue weighted by Gasteiger charge is 2.13. The van der Waals surface area contributed by atoms with Crippen LogP contribution in [-0.4, -0.2) is 31.3 Å². The molecule has 0 aliphatic carbocycles. The summed E-state index contributed by atoms with van der Waals surface area (Å²) in [7, 11) is 0. The number of halogens is 1. The van der Waals surface area contributed by atoms with Gasteiger partial charge in [0.1, 0.15) is 5.03 Å². The lowest BCUT2D eigenvalue weighted by molar-refractivity contribution is 0.603. The maximum Gasteiger partial charge on any atom is 0.343 e. The molecule has 7 nitrogen and oxygen atoms in total. The summed E-state index contributed by atoms with van der Waals surface area (Å²) in [6.45, 7) is 5.44. The number of anilines is 1. The molecule has 2 aromatic heterocycles. The Balaban J connectivity index is 2.24. The van der Waals surface area contributed by atoms with Gasteiger partial charge < -0.3 is 5.32 Å². The number of rotatable bonds is 7. The van der Waals surface area contributed by atoms with Crippen molar-refractivity contribution in [1.82, 2.24) is 24.7 Å². The van der Waals surface area contributed by atoms with E-state index in [-0.39, 0.29) is 5.69 Å². The average Bonchev–Trinajstić information content (AvgIpc) is 2.81. The minimum absolute atomic E-state index is 0.228. The van der Waals surface area contributed by atoms with E-state index in [4.69, 9.17) is 11.6 Å². The summed E-state index contributed by atoms with van der Waals surface area (Å²) in [4.78, 5) is 20.1. The molecular formula is C12H17ClN6OS. The quantitative estimate of drug-likeness (QED) is 0.759. The van der Waals surface area contributed by atoms with Gasteiger partial charge >= 0.3 is 5.69 Å². The van der Waals surface area contributed by atoms with Gasteiger partial charge in [0.2, 0.25) is 5.95 Å². The van der Waals surface area contributed by atoms with Gasteiger partial charge in [-0.1, -0.05) is 25.4 Å². The number of H-pyrrole nitrogens is 1. The van der Waals surface area contributed by atoms with Crippen molar-refractivity contribution in [3.8, 4) is 0 Å². The maximum atomic E-state index is 11.7. The lowest BCUT2D eigenvalue weighted by Gasteiger charge is -2.07. The van der Waals surface area contributed by atoms with Crippen molar-refractivity contribution in [2.24, 2.45) is 0 Å². The molecule has 0 saturated carbocycles. The molecule has 21 heavy (non-hydrogen) atoms. The lowest BCUT2D eigenvalue weighted by Crippen LogP contribution is -2.17. The van der Waals surface area contributed by atoms with Crippen molar-refractivity contribution < 1.29 is 0 Å². The fourth-order valence-corrected chi connectivity index (χ4v) is 2.67. The molecule has 2 N–H and O–H groups in total.